The minimum Gasteiger partial charge on any atom is -0.299 e. The lowest BCUT2D eigenvalue weighted by molar-refractivity contribution is -0.119. The molecule has 1 aromatic heterocycles. The van der Waals surface area contributed by atoms with Crippen LogP contribution in [0.25, 0.3) is 0 Å². The first-order valence-electron chi connectivity index (χ1n) is 6.30. The highest BCUT2D eigenvalue weighted by atomic mass is 16.1. The van der Waals surface area contributed by atoms with Gasteiger partial charge in [0, 0.05) is 19.2 Å². The molecule has 1 aliphatic rings. The van der Waals surface area contributed by atoms with Gasteiger partial charge < -0.3 is 0 Å². The molecule has 0 aliphatic heterocycles. The van der Waals surface area contributed by atoms with Gasteiger partial charge in [-0.1, -0.05) is 30.3 Å². The molecule has 3 nitrogen and oxygen atoms in total. The van der Waals surface area contributed by atoms with E-state index in [1.54, 1.807) is 4.68 Å². The van der Waals surface area contributed by atoms with Crippen LogP contribution >= 0.6 is 0 Å². The highest BCUT2D eigenvalue weighted by Gasteiger charge is 2.43. The molecular formula is C15H16N2O. The number of ketones is 1. The number of carbonyl (C=O) groups is 1. The van der Waals surface area contributed by atoms with Crippen molar-refractivity contribution in [3.05, 3.63) is 53.9 Å². The number of nitrogens with zero attached hydrogens (tertiary/aromatic N) is 2. The number of rotatable bonds is 4. The van der Waals surface area contributed by atoms with Gasteiger partial charge >= 0.3 is 0 Å². The molecule has 0 amide bonds. The van der Waals surface area contributed by atoms with E-state index in [-0.39, 0.29) is 5.92 Å². The number of benzene rings is 1. The van der Waals surface area contributed by atoms with Gasteiger partial charge in [-0.25, -0.2) is 0 Å². The van der Waals surface area contributed by atoms with Gasteiger partial charge in [-0.2, -0.15) is 5.10 Å². The van der Waals surface area contributed by atoms with Gasteiger partial charge in [-0.3, -0.25) is 9.48 Å². The topological polar surface area (TPSA) is 34.9 Å². The van der Waals surface area contributed by atoms with Crippen molar-refractivity contribution < 1.29 is 4.79 Å². The van der Waals surface area contributed by atoms with Crippen LogP contribution in [0.15, 0.2) is 42.6 Å². The molecule has 1 fully saturated rings. The van der Waals surface area contributed by atoms with Gasteiger partial charge in [0.2, 0.25) is 0 Å². The molecule has 2 aromatic rings. The summed E-state index contributed by atoms with van der Waals surface area (Å²) in [5.41, 5.74) is 2.16. The van der Waals surface area contributed by atoms with E-state index in [2.05, 4.69) is 17.2 Å². The summed E-state index contributed by atoms with van der Waals surface area (Å²) < 4.78 is 1.74. The molecule has 92 valence electrons. The third-order valence-corrected chi connectivity index (χ3v) is 3.56. The summed E-state index contributed by atoms with van der Waals surface area (Å²) in [5.74, 6) is 0.958. The van der Waals surface area contributed by atoms with E-state index >= 15 is 0 Å². The van der Waals surface area contributed by atoms with Crippen molar-refractivity contribution in [2.45, 2.75) is 18.8 Å². The van der Waals surface area contributed by atoms with Crippen molar-refractivity contribution >= 4 is 5.78 Å². The zero-order valence-electron chi connectivity index (χ0n) is 10.4. The number of hydrogen-bond donors (Lipinski definition) is 0. The van der Waals surface area contributed by atoms with Crippen molar-refractivity contribution in [1.82, 2.24) is 9.78 Å². The first-order chi connectivity index (χ1) is 8.74. The minimum atomic E-state index is 0.203. The lowest BCUT2D eigenvalue weighted by Gasteiger charge is -1.99. The maximum Gasteiger partial charge on any atom is 0.142 e. The Morgan fingerprint density at radius 1 is 1.33 bits per heavy atom. The van der Waals surface area contributed by atoms with Gasteiger partial charge in [-0.15, -0.1) is 0 Å². The average Bonchev–Trinajstić information content (AvgIpc) is 3.09. The third kappa shape index (κ3) is 2.21. The Morgan fingerprint density at radius 2 is 2.11 bits per heavy atom. The Hall–Kier alpha value is -1.90. The molecular weight excluding hydrogens is 224 g/mol. The zero-order valence-corrected chi connectivity index (χ0v) is 10.4. The van der Waals surface area contributed by atoms with Crippen LogP contribution in [0.1, 0.15) is 23.6 Å². The molecule has 1 aromatic carbocycles. The largest absolute Gasteiger partial charge is 0.299 e. The fourth-order valence-electron chi connectivity index (χ4n) is 2.49. The second-order valence-electron chi connectivity index (χ2n) is 4.98. The summed E-state index contributed by atoms with van der Waals surface area (Å²) in [4.78, 5) is 12.1. The summed E-state index contributed by atoms with van der Waals surface area (Å²) in [6, 6.07) is 12.2. The molecule has 3 rings (SSSR count). The van der Waals surface area contributed by atoms with E-state index in [1.807, 2.05) is 37.5 Å². The monoisotopic (exact) mass is 240 g/mol. The Kier molecular flexibility index (Phi) is 2.74. The molecule has 1 saturated carbocycles. The van der Waals surface area contributed by atoms with Crippen LogP contribution in [0.5, 0.6) is 0 Å². The lowest BCUT2D eigenvalue weighted by atomic mass is 10.1. The predicted molar refractivity (Wildman–Crippen MR) is 69.2 cm³/mol. The molecule has 18 heavy (non-hydrogen) atoms. The molecule has 1 aliphatic carbocycles. The second kappa shape index (κ2) is 4.41. The van der Waals surface area contributed by atoms with Crippen molar-refractivity contribution in [3.63, 3.8) is 0 Å². The highest BCUT2D eigenvalue weighted by Crippen LogP contribution is 2.48. The maximum absolute atomic E-state index is 12.1. The summed E-state index contributed by atoms with van der Waals surface area (Å²) in [5, 5.41) is 4.25. The Bertz CT molecular complexity index is 559. The molecule has 2 atom stereocenters. The zero-order chi connectivity index (χ0) is 12.5. The quantitative estimate of drug-likeness (QED) is 0.822. The number of Topliss-reactive ketones (excluding diaryl/α,β-unsaturated/α-hetero) is 1. The van der Waals surface area contributed by atoms with E-state index in [0.717, 1.165) is 12.1 Å². The van der Waals surface area contributed by atoms with Crippen LogP contribution in [-0.4, -0.2) is 15.6 Å². The van der Waals surface area contributed by atoms with Crippen molar-refractivity contribution in [2.24, 2.45) is 13.0 Å². The number of aromatic nitrogens is 2. The third-order valence-electron chi connectivity index (χ3n) is 3.56. The molecule has 2 unspecified atom stereocenters. The molecule has 3 heteroatoms. The van der Waals surface area contributed by atoms with Gasteiger partial charge in [0.1, 0.15) is 5.78 Å². The summed E-state index contributed by atoms with van der Waals surface area (Å²) in [7, 11) is 1.87. The number of hydrogen-bond acceptors (Lipinski definition) is 2. The van der Waals surface area contributed by atoms with Crippen molar-refractivity contribution in [3.8, 4) is 0 Å². The van der Waals surface area contributed by atoms with Crippen LogP contribution < -0.4 is 0 Å². The van der Waals surface area contributed by atoms with Crippen LogP contribution in [-0.2, 0) is 18.3 Å². The second-order valence-corrected chi connectivity index (χ2v) is 4.98. The molecule has 0 radical (unpaired) electrons. The van der Waals surface area contributed by atoms with Gasteiger partial charge in [0.25, 0.3) is 0 Å². The van der Waals surface area contributed by atoms with Crippen LogP contribution in [0, 0.1) is 5.92 Å². The SMILES string of the molecule is Cn1ccc(CC(=O)C2CC2c2ccccc2)n1. The Morgan fingerprint density at radius 3 is 2.78 bits per heavy atom. The van der Waals surface area contributed by atoms with Crippen LogP contribution in [0.4, 0.5) is 0 Å². The Labute approximate surface area is 106 Å². The highest BCUT2D eigenvalue weighted by molar-refractivity contribution is 5.86. The number of carbonyl (C=O) groups excluding carboxylic acids is 1. The van der Waals surface area contributed by atoms with Crippen molar-refractivity contribution in [2.75, 3.05) is 0 Å². The molecule has 1 heterocycles. The fourth-order valence-corrected chi connectivity index (χ4v) is 2.49. The van der Waals surface area contributed by atoms with Gasteiger partial charge in [-0.05, 0) is 24.0 Å². The summed E-state index contributed by atoms with van der Waals surface area (Å²) >= 11 is 0. The molecule has 0 N–H and O–H groups in total. The van der Waals surface area contributed by atoms with E-state index in [9.17, 15) is 4.79 Å². The van der Waals surface area contributed by atoms with E-state index in [4.69, 9.17) is 0 Å². The standard InChI is InChI=1S/C15H16N2O/c1-17-8-7-12(16-17)9-15(18)14-10-13(14)11-5-3-2-4-6-11/h2-8,13-14H,9-10H2,1H3. The van der Waals surface area contributed by atoms with E-state index in [1.165, 1.54) is 5.56 Å². The average molecular weight is 240 g/mol. The van der Waals surface area contributed by atoms with E-state index in [0.29, 0.717) is 18.1 Å². The lowest BCUT2D eigenvalue weighted by Crippen LogP contribution is -2.07. The first kappa shape index (κ1) is 11.2. The molecule has 0 saturated heterocycles. The maximum atomic E-state index is 12.1. The smallest absolute Gasteiger partial charge is 0.142 e. The van der Waals surface area contributed by atoms with Gasteiger partial charge in [0.05, 0.1) is 12.1 Å². The molecule has 0 spiro atoms. The first-order valence-corrected chi connectivity index (χ1v) is 6.30. The summed E-state index contributed by atoms with van der Waals surface area (Å²) in [6.07, 6.45) is 3.34. The number of aryl methyl sites for hydroxylation is 1. The van der Waals surface area contributed by atoms with Crippen molar-refractivity contribution in [1.29, 1.82) is 0 Å². The van der Waals surface area contributed by atoms with Crippen LogP contribution in [0.2, 0.25) is 0 Å². The van der Waals surface area contributed by atoms with Gasteiger partial charge in [0.15, 0.2) is 0 Å². The summed E-state index contributed by atoms with van der Waals surface area (Å²) in [6.45, 7) is 0. The predicted octanol–water partition coefficient (Wildman–Crippen LogP) is 2.34. The van der Waals surface area contributed by atoms with E-state index < -0.39 is 0 Å². The minimum absolute atomic E-state index is 0.203. The normalized spacial score (nSPS) is 21.8. The van der Waals surface area contributed by atoms with Crippen LogP contribution in [0.3, 0.4) is 0 Å². The molecule has 0 bridgehead atoms. The Balaban J connectivity index is 1.63. The fraction of sp³-hybridized carbons (Fsp3) is 0.333.